The Labute approximate surface area is 189 Å². The number of thiazole rings is 1. The number of aromatic nitrogens is 1. The van der Waals surface area contributed by atoms with Gasteiger partial charge in [-0.1, -0.05) is 47.5 Å². The number of sulfone groups is 1. The zero-order valence-corrected chi connectivity index (χ0v) is 19.3. The zero-order valence-electron chi connectivity index (χ0n) is 16.2. The highest BCUT2D eigenvalue weighted by Crippen LogP contribution is 2.26. The maximum atomic E-state index is 12.8. The van der Waals surface area contributed by atoms with Gasteiger partial charge in [-0.15, -0.1) is 11.3 Å². The second-order valence-corrected chi connectivity index (χ2v) is 10.3. The number of anilines is 1. The Balaban J connectivity index is 1.62. The molecule has 30 heavy (non-hydrogen) atoms. The number of carbonyl (C=O) groups is 1. The summed E-state index contributed by atoms with van der Waals surface area (Å²) in [4.78, 5) is 16.7. The number of urea groups is 1. The van der Waals surface area contributed by atoms with Crippen LogP contribution in [0.4, 0.5) is 9.93 Å². The van der Waals surface area contributed by atoms with Crippen molar-refractivity contribution in [3.8, 4) is 0 Å². The highest BCUT2D eigenvalue weighted by molar-refractivity contribution is 7.90. The molecule has 0 bridgehead atoms. The molecular formula is C20H19Cl2N3O3S2. The van der Waals surface area contributed by atoms with Crippen LogP contribution < -0.4 is 10.6 Å². The summed E-state index contributed by atoms with van der Waals surface area (Å²) in [5, 5.41) is 8.09. The SMILES string of the molecule is Cc1cccc(C)c1S(=O)(=O)Cc1csc(NC(=O)NCc2ccc(Cl)c(Cl)c2)n1. The third-order valence-corrected chi connectivity index (χ3v) is 7.75. The van der Waals surface area contributed by atoms with Crippen LogP contribution in [0.15, 0.2) is 46.7 Å². The Hall–Kier alpha value is -2.13. The molecule has 2 N–H and O–H groups in total. The van der Waals surface area contributed by atoms with E-state index in [-0.39, 0.29) is 12.3 Å². The molecule has 2 amide bonds. The summed E-state index contributed by atoms with van der Waals surface area (Å²) in [6.45, 7) is 3.79. The predicted molar refractivity (Wildman–Crippen MR) is 121 cm³/mol. The average Bonchev–Trinajstić information content (AvgIpc) is 3.08. The zero-order chi connectivity index (χ0) is 21.9. The van der Waals surface area contributed by atoms with E-state index in [0.29, 0.717) is 36.9 Å². The summed E-state index contributed by atoms with van der Waals surface area (Å²) in [5.41, 5.74) is 2.57. The summed E-state index contributed by atoms with van der Waals surface area (Å²) in [6.07, 6.45) is 0. The van der Waals surface area contributed by atoms with Gasteiger partial charge in [0, 0.05) is 11.9 Å². The Bertz CT molecular complexity index is 1170. The number of nitrogens with zero attached hydrogens (tertiary/aromatic N) is 1. The van der Waals surface area contributed by atoms with E-state index in [9.17, 15) is 13.2 Å². The van der Waals surface area contributed by atoms with E-state index in [0.717, 1.165) is 16.9 Å². The average molecular weight is 484 g/mol. The molecule has 0 aliphatic carbocycles. The topological polar surface area (TPSA) is 88.2 Å². The van der Waals surface area contributed by atoms with Gasteiger partial charge < -0.3 is 5.32 Å². The number of benzene rings is 2. The number of aryl methyl sites for hydroxylation is 2. The van der Waals surface area contributed by atoms with Crippen LogP contribution in [-0.2, 0) is 22.1 Å². The van der Waals surface area contributed by atoms with Crippen molar-refractivity contribution in [2.75, 3.05) is 5.32 Å². The van der Waals surface area contributed by atoms with Crippen LogP contribution in [0.25, 0.3) is 0 Å². The number of carbonyl (C=O) groups excluding carboxylic acids is 1. The van der Waals surface area contributed by atoms with E-state index in [1.54, 1.807) is 49.6 Å². The smallest absolute Gasteiger partial charge is 0.321 e. The number of rotatable bonds is 6. The van der Waals surface area contributed by atoms with Crippen LogP contribution in [0.5, 0.6) is 0 Å². The van der Waals surface area contributed by atoms with Crippen molar-refractivity contribution in [3.63, 3.8) is 0 Å². The molecule has 0 atom stereocenters. The maximum Gasteiger partial charge on any atom is 0.321 e. The molecular weight excluding hydrogens is 465 g/mol. The standard InChI is InChI=1S/C20H19Cl2N3O3S2/c1-12-4-3-5-13(2)18(12)30(27,28)11-15-10-29-20(24-15)25-19(26)23-9-14-6-7-16(21)17(22)8-14/h3-8,10H,9,11H2,1-2H3,(H2,23,24,25,26). The van der Waals surface area contributed by atoms with E-state index in [1.807, 2.05) is 6.07 Å². The molecule has 0 unspecified atom stereocenters. The molecule has 0 fully saturated rings. The first-order valence-corrected chi connectivity index (χ1v) is 12.2. The molecule has 10 heteroatoms. The lowest BCUT2D eigenvalue weighted by molar-refractivity contribution is 0.251. The summed E-state index contributed by atoms with van der Waals surface area (Å²) in [5.74, 6) is -0.234. The molecule has 0 saturated carbocycles. The molecule has 0 saturated heterocycles. The summed E-state index contributed by atoms with van der Waals surface area (Å²) in [6, 6.07) is 9.99. The number of amides is 2. The van der Waals surface area contributed by atoms with Crippen molar-refractivity contribution in [1.29, 1.82) is 0 Å². The third kappa shape index (κ3) is 5.51. The van der Waals surface area contributed by atoms with Gasteiger partial charge in [0.05, 0.1) is 26.4 Å². The molecule has 0 radical (unpaired) electrons. The molecule has 0 aliphatic heterocycles. The van der Waals surface area contributed by atoms with Gasteiger partial charge in [-0.25, -0.2) is 18.2 Å². The lowest BCUT2D eigenvalue weighted by atomic mass is 10.2. The van der Waals surface area contributed by atoms with Gasteiger partial charge in [0.2, 0.25) is 0 Å². The largest absolute Gasteiger partial charge is 0.334 e. The Morgan fingerprint density at radius 3 is 2.47 bits per heavy atom. The molecule has 3 rings (SSSR count). The van der Waals surface area contributed by atoms with Gasteiger partial charge in [-0.05, 0) is 42.7 Å². The molecule has 6 nitrogen and oxygen atoms in total. The summed E-state index contributed by atoms with van der Waals surface area (Å²) >= 11 is 13.0. The monoisotopic (exact) mass is 483 g/mol. The third-order valence-electron chi connectivity index (χ3n) is 4.27. The minimum absolute atomic E-state index is 0.234. The van der Waals surface area contributed by atoms with Crippen LogP contribution in [0.3, 0.4) is 0 Å². The van der Waals surface area contributed by atoms with Crippen molar-refractivity contribution in [2.24, 2.45) is 0 Å². The first kappa shape index (κ1) is 22.6. The fourth-order valence-corrected chi connectivity index (χ4v) is 5.89. The lowest BCUT2D eigenvalue weighted by Gasteiger charge is -2.09. The molecule has 158 valence electrons. The van der Waals surface area contributed by atoms with Gasteiger partial charge in [-0.2, -0.15) is 0 Å². The first-order chi connectivity index (χ1) is 14.2. The van der Waals surface area contributed by atoms with Crippen LogP contribution in [0.1, 0.15) is 22.4 Å². The Morgan fingerprint density at radius 1 is 1.10 bits per heavy atom. The molecule has 2 aromatic carbocycles. The number of nitrogens with one attached hydrogen (secondary N) is 2. The van der Waals surface area contributed by atoms with Gasteiger partial charge in [0.25, 0.3) is 0 Å². The van der Waals surface area contributed by atoms with E-state index in [1.165, 1.54) is 0 Å². The minimum Gasteiger partial charge on any atom is -0.334 e. The second kappa shape index (κ2) is 9.34. The highest BCUT2D eigenvalue weighted by atomic mass is 35.5. The molecule has 3 aromatic rings. The lowest BCUT2D eigenvalue weighted by Crippen LogP contribution is -2.28. The van der Waals surface area contributed by atoms with Gasteiger partial charge in [0.1, 0.15) is 0 Å². The Kier molecular flexibility index (Phi) is 7.02. The quantitative estimate of drug-likeness (QED) is 0.493. The van der Waals surface area contributed by atoms with Gasteiger partial charge >= 0.3 is 6.03 Å². The summed E-state index contributed by atoms with van der Waals surface area (Å²) in [7, 11) is -3.55. The van der Waals surface area contributed by atoms with Crippen molar-refractivity contribution >= 4 is 55.5 Å². The molecule has 0 aliphatic rings. The van der Waals surface area contributed by atoms with Crippen LogP contribution in [-0.4, -0.2) is 19.4 Å². The summed E-state index contributed by atoms with van der Waals surface area (Å²) < 4.78 is 25.7. The van der Waals surface area contributed by atoms with Gasteiger partial charge in [0.15, 0.2) is 15.0 Å². The van der Waals surface area contributed by atoms with Crippen molar-refractivity contribution in [3.05, 3.63) is 74.2 Å². The number of halogens is 2. The highest BCUT2D eigenvalue weighted by Gasteiger charge is 2.21. The van der Waals surface area contributed by atoms with E-state index in [2.05, 4.69) is 15.6 Å². The number of hydrogen-bond acceptors (Lipinski definition) is 5. The molecule has 0 spiro atoms. The van der Waals surface area contributed by atoms with E-state index in [4.69, 9.17) is 23.2 Å². The van der Waals surface area contributed by atoms with E-state index < -0.39 is 15.9 Å². The normalized spacial score (nSPS) is 11.3. The van der Waals surface area contributed by atoms with Crippen molar-refractivity contribution < 1.29 is 13.2 Å². The van der Waals surface area contributed by atoms with Crippen LogP contribution >= 0.6 is 34.5 Å². The Morgan fingerprint density at radius 2 is 1.80 bits per heavy atom. The van der Waals surface area contributed by atoms with Crippen LogP contribution in [0.2, 0.25) is 10.0 Å². The maximum absolute atomic E-state index is 12.8. The molecule has 1 heterocycles. The fraction of sp³-hybridized carbons (Fsp3) is 0.200. The molecule has 1 aromatic heterocycles. The predicted octanol–water partition coefficient (Wildman–Crippen LogP) is 5.36. The van der Waals surface area contributed by atoms with Crippen LogP contribution in [0, 0.1) is 13.8 Å². The fourth-order valence-electron chi connectivity index (χ4n) is 2.96. The first-order valence-electron chi connectivity index (χ1n) is 8.88. The minimum atomic E-state index is -3.55. The van der Waals surface area contributed by atoms with Crippen molar-refractivity contribution in [1.82, 2.24) is 10.3 Å². The van der Waals surface area contributed by atoms with Gasteiger partial charge in [-0.3, -0.25) is 5.32 Å². The van der Waals surface area contributed by atoms with Crippen molar-refractivity contribution in [2.45, 2.75) is 31.0 Å². The number of hydrogen-bond donors (Lipinski definition) is 2. The van der Waals surface area contributed by atoms with E-state index >= 15 is 0 Å². The second-order valence-electron chi connectivity index (χ2n) is 6.68.